The predicted octanol–water partition coefficient (Wildman–Crippen LogP) is 2.11. The minimum atomic E-state index is -0.761. The lowest BCUT2D eigenvalue weighted by Crippen LogP contribution is -2.62. The van der Waals surface area contributed by atoms with Crippen LogP contribution in [0.5, 0.6) is 0 Å². The molecule has 0 radical (unpaired) electrons. The normalized spacial score (nSPS) is 29.0. The molecule has 2 aromatic heterocycles. The Morgan fingerprint density at radius 3 is 2.53 bits per heavy atom. The molecule has 4 bridgehead atoms. The zero-order chi connectivity index (χ0) is 25.7. The van der Waals surface area contributed by atoms with Gasteiger partial charge in [0.05, 0.1) is 11.6 Å². The van der Waals surface area contributed by atoms with Crippen LogP contribution in [-0.2, 0) is 9.59 Å². The van der Waals surface area contributed by atoms with Gasteiger partial charge in [-0.05, 0) is 76.7 Å². The first-order valence-electron chi connectivity index (χ1n) is 12.8. The predicted molar refractivity (Wildman–Crippen MR) is 134 cm³/mol. The van der Waals surface area contributed by atoms with Crippen molar-refractivity contribution in [3.05, 3.63) is 36.3 Å². The van der Waals surface area contributed by atoms with Crippen molar-refractivity contribution in [1.29, 1.82) is 0 Å². The molecular formula is C26H35N7O3. The second-order valence-electron chi connectivity index (χ2n) is 11.3. The van der Waals surface area contributed by atoms with Crippen molar-refractivity contribution in [1.82, 2.24) is 30.2 Å². The van der Waals surface area contributed by atoms with Crippen LogP contribution in [0, 0.1) is 28.6 Å². The number of carbonyl (C=O) groups is 3. The maximum atomic E-state index is 13.6. The maximum Gasteiger partial charge on any atom is 0.257 e. The molecule has 2 heterocycles. The fourth-order valence-corrected chi connectivity index (χ4v) is 6.76. The number of rotatable bonds is 8. The van der Waals surface area contributed by atoms with Crippen LogP contribution in [0.1, 0.15) is 63.2 Å². The van der Waals surface area contributed by atoms with Gasteiger partial charge in [-0.15, -0.1) is 0 Å². The summed E-state index contributed by atoms with van der Waals surface area (Å²) in [4.78, 5) is 38.3. The van der Waals surface area contributed by atoms with Crippen LogP contribution in [0.4, 0.5) is 0 Å². The van der Waals surface area contributed by atoms with Crippen molar-refractivity contribution >= 4 is 23.9 Å². The molecule has 4 fully saturated rings. The van der Waals surface area contributed by atoms with E-state index in [0.717, 1.165) is 32.1 Å². The third kappa shape index (κ3) is 4.12. The number of amides is 3. The number of aromatic nitrogens is 4. The van der Waals surface area contributed by atoms with Gasteiger partial charge in [-0.2, -0.15) is 10.2 Å². The maximum absolute atomic E-state index is 13.6. The summed E-state index contributed by atoms with van der Waals surface area (Å²) in [6.07, 6.45) is 12.9. The molecule has 10 heteroatoms. The molecule has 0 aliphatic heterocycles. The molecule has 6 rings (SSSR count). The van der Waals surface area contributed by atoms with Crippen molar-refractivity contribution < 1.29 is 14.4 Å². The van der Waals surface area contributed by atoms with Gasteiger partial charge in [-0.1, -0.05) is 6.08 Å². The van der Waals surface area contributed by atoms with Crippen LogP contribution in [-0.4, -0.2) is 49.9 Å². The van der Waals surface area contributed by atoms with Crippen molar-refractivity contribution in [2.24, 2.45) is 34.3 Å². The van der Waals surface area contributed by atoms with Crippen molar-refractivity contribution in [2.75, 3.05) is 6.54 Å². The largest absolute Gasteiger partial charge is 0.369 e. The lowest BCUT2D eigenvalue weighted by atomic mass is 9.47. The molecule has 4 saturated carbocycles. The molecular weight excluding hydrogens is 458 g/mol. The molecule has 2 aromatic rings. The summed E-state index contributed by atoms with van der Waals surface area (Å²) in [6.45, 7) is 6.07. The summed E-state index contributed by atoms with van der Waals surface area (Å²) in [5.74, 6) is 1.04. The molecule has 10 nitrogen and oxygen atoms in total. The highest BCUT2D eigenvalue weighted by Gasteiger charge is 2.58. The van der Waals surface area contributed by atoms with E-state index < -0.39 is 10.8 Å². The Hall–Kier alpha value is -3.43. The smallest absolute Gasteiger partial charge is 0.257 e. The Labute approximate surface area is 210 Å². The zero-order valence-corrected chi connectivity index (χ0v) is 21.1. The summed E-state index contributed by atoms with van der Waals surface area (Å²) >= 11 is 0. The van der Waals surface area contributed by atoms with Crippen LogP contribution in [0.2, 0.25) is 0 Å². The standard InChI is InChI=1S/C26H35N7O3/c1-4-28-24(36)25(2,3)6-9-33-22(32-8-5-7-29-32)19(15-30-33)21(34)31-20-17-10-16-11-18(20)14-26(12-16,13-17)23(27)35/h5-9,15-18,20H,4,10-14H2,1-3H3,(H2,27,35)(H,28,36)(H,31,34)/b9-6+. The van der Waals surface area contributed by atoms with E-state index >= 15 is 0 Å². The van der Waals surface area contributed by atoms with Gasteiger partial charge >= 0.3 is 0 Å². The Morgan fingerprint density at radius 2 is 1.92 bits per heavy atom. The monoisotopic (exact) mass is 493 g/mol. The lowest BCUT2D eigenvalue weighted by molar-refractivity contribution is -0.145. The Kier molecular flexibility index (Phi) is 6.00. The Bertz CT molecular complexity index is 1180. The van der Waals surface area contributed by atoms with Gasteiger partial charge in [0, 0.05) is 36.6 Å². The first-order chi connectivity index (χ1) is 17.1. The number of hydrogen-bond donors (Lipinski definition) is 3. The van der Waals surface area contributed by atoms with E-state index in [1.165, 1.54) is 6.20 Å². The summed E-state index contributed by atoms with van der Waals surface area (Å²) < 4.78 is 3.17. The van der Waals surface area contributed by atoms with Crippen molar-refractivity contribution in [2.45, 2.75) is 58.9 Å². The van der Waals surface area contributed by atoms with Crippen LogP contribution < -0.4 is 16.4 Å². The highest BCUT2D eigenvalue weighted by Crippen LogP contribution is 2.59. The Morgan fingerprint density at radius 1 is 1.19 bits per heavy atom. The first kappa shape index (κ1) is 24.3. The molecule has 2 atom stereocenters. The number of primary amides is 1. The highest BCUT2D eigenvalue weighted by molar-refractivity contribution is 5.97. The van der Waals surface area contributed by atoms with Crippen LogP contribution in [0.25, 0.3) is 12.0 Å². The second-order valence-corrected chi connectivity index (χ2v) is 11.3. The number of hydrogen-bond acceptors (Lipinski definition) is 5. The fourth-order valence-electron chi connectivity index (χ4n) is 6.76. The number of nitrogens with two attached hydrogens (primary N) is 1. The zero-order valence-electron chi connectivity index (χ0n) is 21.1. The summed E-state index contributed by atoms with van der Waals surface area (Å²) in [6, 6.07) is 1.80. The molecule has 2 unspecified atom stereocenters. The van der Waals surface area contributed by atoms with E-state index in [1.54, 1.807) is 40.1 Å². The summed E-state index contributed by atoms with van der Waals surface area (Å²) in [5, 5.41) is 14.9. The van der Waals surface area contributed by atoms with E-state index in [1.807, 2.05) is 20.8 Å². The third-order valence-corrected chi connectivity index (χ3v) is 8.38. The molecule has 3 amide bonds. The average molecular weight is 494 g/mol. The molecule has 4 aliphatic carbocycles. The molecule has 0 saturated heterocycles. The summed E-state index contributed by atoms with van der Waals surface area (Å²) in [7, 11) is 0. The quantitative estimate of drug-likeness (QED) is 0.517. The van der Waals surface area contributed by atoms with Gasteiger partial charge in [0.2, 0.25) is 11.8 Å². The SMILES string of the molecule is CCNC(=O)C(C)(C)/C=C/n1ncc(C(=O)NC2C3CC4CC2CC(C(N)=O)(C4)C3)c1-n1cccn1. The molecule has 4 N–H and O–H groups in total. The fraction of sp³-hybridized carbons (Fsp3) is 0.577. The second kappa shape index (κ2) is 8.90. The van der Waals surface area contributed by atoms with Gasteiger partial charge in [-0.3, -0.25) is 14.4 Å². The molecule has 0 aromatic carbocycles. The molecule has 0 spiro atoms. The lowest BCUT2D eigenvalue weighted by Gasteiger charge is -2.58. The van der Waals surface area contributed by atoms with E-state index in [9.17, 15) is 14.4 Å². The van der Waals surface area contributed by atoms with E-state index in [-0.39, 0.29) is 35.6 Å². The van der Waals surface area contributed by atoms with Crippen LogP contribution in [0.3, 0.4) is 0 Å². The number of nitrogens with zero attached hydrogens (tertiary/aromatic N) is 4. The third-order valence-electron chi connectivity index (χ3n) is 8.38. The van der Waals surface area contributed by atoms with E-state index in [0.29, 0.717) is 23.8 Å². The number of carbonyl (C=O) groups excluding carboxylic acids is 3. The van der Waals surface area contributed by atoms with Crippen molar-refractivity contribution in [3.63, 3.8) is 0 Å². The van der Waals surface area contributed by atoms with Crippen LogP contribution >= 0.6 is 0 Å². The van der Waals surface area contributed by atoms with Gasteiger partial charge in [0.15, 0.2) is 5.82 Å². The van der Waals surface area contributed by atoms with Crippen LogP contribution in [0.15, 0.2) is 30.7 Å². The minimum Gasteiger partial charge on any atom is -0.369 e. The van der Waals surface area contributed by atoms with Gasteiger partial charge in [0.25, 0.3) is 5.91 Å². The first-order valence-corrected chi connectivity index (χ1v) is 12.8. The highest BCUT2D eigenvalue weighted by atomic mass is 16.2. The Balaban J connectivity index is 1.40. The molecule has 36 heavy (non-hydrogen) atoms. The van der Waals surface area contributed by atoms with Gasteiger partial charge in [0.1, 0.15) is 5.56 Å². The average Bonchev–Trinajstić information content (AvgIpc) is 3.49. The van der Waals surface area contributed by atoms with Gasteiger partial charge < -0.3 is 16.4 Å². The minimum absolute atomic E-state index is 0.0163. The van der Waals surface area contributed by atoms with E-state index in [2.05, 4.69) is 20.8 Å². The topological polar surface area (TPSA) is 137 Å². The number of nitrogens with one attached hydrogen (secondary N) is 2. The summed E-state index contributed by atoms with van der Waals surface area (Å²) in [5.41, 5.74) is 5.06. The van der Waals surface area contributed by atoms with Crippen molar-refractivity contribution in [3.8, 4) is 5.82 Å². The molecule has 4 aliphatic rings. The van der Waals surface area contributed by atoms with Gasteiger partial charge in [-0.25, -0.2) is 9.36 Å². The molecule has 192 valence electrons. The van der Waals surface area contributed by atoms with E-state index in [4.69, 9.17) is 5.73 Å².